The summed E-state index contributed by atoms with van der Waals surface area (Å²) in [6, 6.07) is 8.15. The number of halogens is 1. The van der Waals surface area contributed by atoms with Crippen molar-refractivity contribution in [3.05, 3.63) is 49.6 Å². The monoisotopic (exact) mass is 340 g/mol. The summed E-state index contributed by atoms with van der Waals surface area (Å²) in [4.78, 5) is 2.58. The summed E-state index contributed by atoms with van der Waals surface area (Å²) in [6.45, 7) is 4.69. The van der Waals surface area contributed by atoms with Gasteiger partial charge in [-0.15, -0.1) is 11.3 Å². The molecule has 0 unspecified atom stereocenters. The molecule has 0 atom stereocenters. The first-order valence-electron chi connectivity index (χ1n) is 6.24. The maximum absolute atomic E-state index is 9.41. The van der Waals surface area contributed by atoms with Crippen LogP contribution in [-0.4, -0.2) is 5.11 Å². The van der Waals surface area contributed by atoms with Gasteiger partial charge in [0.2, 0.25) is 0 Å². The van der Waals surface area contributed by atoms with Gasteiger partial charge < -0.3 is 9.84 Å². The molecule has 0 aliphatic carbocycles. The van der Waals surface area contributed by atoms with Gasteiger partial charge in [-0.1, -0.05) is 22.9 Å². The lowest BCUT2D eigenvalue weighted by molar-refractivity contribution is 0.259. The molecule has 0 amide bonds. The van der Waals surface area contributed by atoms with E-state index in [0.717, 1.165) is 27.8 Å². The molecule has 4 heteroatoms. The minimum Gasteiger partial charge on any atom is -0.487 e. The first-order valence-corrected chi connectivity index (χ1v) is 7.85. The molecule has 2 nitrogen and oxygen atoms in total. The Hall–Kier alpha value is -0.840. The molecular weight excluding hydrogens is 324 g/mol. The highest BCUT2D eigenvalue weighted by Gasteiger charge is 2.09. The van der Waals surface area contributed by atoms with Crippen LogP contribution in [0.4, 0.5) is 0 Å². The van der Waals surface area contributed by atoms with Crippen LogP contribution in [0.25, 0.3) is 0 Å². The number of hydrogen-bond donors (Lipinski definition) is 1. The molecule has 0 saturated carbocycles. The van der Waals surface area contributed by atoms with E-state index < -0.39 is 0 Å². The summed E-state index contributed by atoms with van der Waals surface area (Å²) < 4.78 is 6.85. The van der Waals surface area contributed by atoms with Crippen LogP contribution in [-0.2, 0) is 19.6 Å². The second-order valence-corrected chi connectivity index (χ2v) is 6.55. The normalized spacial score (nSPS) is 10.7. The van der Waals surface area contributed by atoms with Crippen LogP contribution in [0.15, 0.2) is 28.7 Å². The fraction of sp³-hybridized carbons (Fsp3) is 0.333. The average Bonchev–Trinajstić information content (AvgIpc) is 2.84. The standard InChI is InChI=1S/C15H17BrO2S/c1-3-13-4-5-14(19-13)9-18-15-10(2)6-12(16)7-11(15)8-17/h4-7,17H,3,8-9H2,1-2H3. The predicted molar refractivity (Wildman–Crippen MR) is 82.8 cm³/mol. The number of ether oxygens (including phenoxy) is 1. The third-order valence-corrected chi connectivity index (χ3v) is 4.57. The van der Waals surface area contributed by atoms with Crippen LogP contribution in [0.1, 0.15) is 27.8 Å². The maximum Gasteiger partial charge on any atom is 0.128 e. The van der Waals surface area contributed by atoms with Crippen molar-refractivity contribution in [2.45, 2.75) is 33.5 Å². The minimum absolute atomic E-state index is 0.0136. The third kappa shape index (κ3) is 3.59. The quantitative estimate of drug-likeness (QED) is 0.870. The van der Waals surface area contributed by atoms with E-state index in [1.165, 1.54) is 9.75 Å². The van der Waals surface area contributed by atoms with Gasteiger partial charge >= 0.3 is 0 Å². The molecule has 19 heavy (non-hydrogen) atoms. The van der Waals surface area contributed by atoms with Crippen molar-refractivity contribution in [3.8, 4) is 5.75 Å². The summed E-state index contributed by atoms with van der Waals surface area (Å²) >= 11 is 5.21. The number of aliphatic hydroxyl groups excluding tert-OH is 1. The lowest BCUT2D eigenvalue weighted by atomic mass is 10.1. The van der Waals surface area contributed by atoms with Crippen LogP contribution < -0.4 is 4.74 Å². The van der Waals surface area contributed by atoms with Gasteiger partial charge in [0, 0.05) is 19.8 Å². The fourth-order valence-corrected chi connectivity index (χ4v) is 3.45. The van der Waals surface area contributed by atoms with Gasteiger partial charge in [-0.05, 0) is 43.2 Å². The smallest absolute Gasteiger partial charge is 0.128 e. The van der Waals surface area contributed by atoms with Crippen LogP contribution in [0.3, 0.4) is 0 Å². The molecule has 0 saturated heterocycles. The SMILES string of the molecule is CCc1ccc(COc2c(C)cc(Br)cc2CO)s1. The molecule has 0 aliphatic heterocycles. The maximum atomic E-state index is 9.41. The molecule has 1 aromatic carbocycles. The Morgan fingerprint density at radius 1 is 1.26 bits per heavy atom. The summed E-state index contributed by atoms with van der Waals surface area (Å²) in [5.41, 5.74) is 1.85. The highest BCUT2D eigenvalue weighted by molar-refractivity contribution is 9.10. The van der Waals surface area contributed by atoms with E-state index in [1.54, 1.807) is 11.3 Å². The second-order valence-electron chi connectivity index (χ2n) is 4.38. The fourth-order valence-electron chi connectivity index (χ4n) is 1.96. The molecule has 0 aliphatic rings. The number of aryl methyl sites for hydroxylation is 2. The molecule has 0 bridgehead atoms. The van der Waals surface area contributed by atoms with Gasteiger partial charge in [-0.25, -0.2) is 0 Å². The zero-order valence-corrected chi connectivity index (χ0v) is 13.5. The number of rotatable bonds is 5. The summed E-state index contributed by atoms with van der Waals surface area (Å²) in [7, 11) is 0. The number of benzene rings is 1. The van der Waals surface area contributed by atoms with E-state index >= 15 is 0 Å². The van der Waals surface area contributed by atoms with E-state index in [-0.39, 0.29) is 6.61 Å². The Bertz CT molecular complexity index is 563. The van der Waals surface area contributed by atoms with Crippen molar-refractivity contribution in [2.24, 2.45) is 0 Å². The molecule has 1 N–H and O–H groups in total. The lowest BCUT2D eigenvalue weighted by Crippen LogP contribution is -1.99. The van der Waals surface area contributed by atoms with Gasteiger partial charge in [0.15, 0.2) is 0 Å². The Morgan fingerprint density at radius 3 is 2.63 bits per heavy atom. The highest BCUT2D eigenvalue weighted by atomic mass is 79.9. The molecule has 0 radical (unpaired) electrons. The number of hydrogen-bond acceptors (Lipinski definition) is 3. The van der Waals surface area contributed by atoms with Crippen molar-refractivity contribution < 1.29 is 9.84 Å². The summed E-state index contributed by atoms with van der Waals surface area (Å²) in [6.07, 6.45) is 1.06. The topological polar surface area (TPSA) is 29.5 Å². The van der Waals surface area contributed by atoms with Crippen LogP contribution in [0.5, 0.6) is 5.75 Å². The van der Waals surface area contributed by atoms with Crippen molar-refractivity contribution in [1.82, 2.24) is 0 Å². The van der Waals surface area contributed by atoms with Crippen molar-refractivity contribution in [2.75, 3.05) is 0 Å². The highest BCUT2D eigenvalue weighted by Crippen LogP contribution is 2.29. The third-order valence-electron chi connectivity index (χ3n) is 2.91. The Balaban J connectivity index is 2.14. The average molecular weight is 341 g/mol. The Labute approximate surface area is 126 Å². The molecular formula is C15H17BrO2S. The van der Waals surface area contributed by atoms with Crippen molar-refractivity contribution in [3.63, 3.8) is 0 Å². The number of thiophene rings is 1. The summed E-state index contributed by atoms with van der Waals surface area (Å²) in [5, 5.41) is 9.41. The van der Waals surface area contributed by atoms with Crippen LogP contribution in [0.2, 0.25) is 0 Å². The second kappa shape index (κ2) is 6.55. The lowest BCUT2D eigenvalue weighted by Gasteiger charge is -2.13. The van der Waals surface area contributed by atoms with Gasteiger partial charge in [-0.2, -0.15) is 0 Å². The number of aliphatic hydroxyl groups is 1. The zero-order chi connectivity index (χ0) is 13.8. The summed E-state index contributed by atoms with van der Waals surface area (Å²) in [5.74, 6) is 0.789. The van der Waals surface area contributed by atoms with E-state index in [4.69, 9.17) is 4.74 Å². The molecule has 1 heterocycles. The van der Waals surface area contributed by atoms with E-state index in [1.807, 2.05) is 19.1 Å². The Kier molecular flexibility index (Phi) is 5.02. The van der Waals surface area contributed by atoms with E-state index in [2.05, 4.69) is 35.0 Å². The predicted octanol–water partition coefficient (Wildman–Crippen LogP) is 4.45. The molecule has 1 aromatic heterocycles. The molecule has 2 rings (SSSR count). The van der Waals surface area contributed by atoms with Gasteiger partial charge in [0.05, 0.1) is 6.61 Å². The molecule has 0 spiro atoms. The van der Waals surface area contributed by atoms with Gasteiger partial charge in [0.1, 0.15) is 12.4 Å². The van der Waals surface area contributed by atoms with Crippen LogP contribution >= 0.6 is 27.3 Å². The van der Waals surface area contributed by atoms with Crippen molar-refractivity contribution >= 4 is 27.3 Å². The Morgan fingerprint density at radius 2 is 2.00 bits per heavy atom. The molecule has 2 aromatic rings. The first kappa shape index (κ1) is 14.6. The van der Waals surface area contributed by atoms with Crippen LogP contribution in [0, 0.1) is 6.92 Å². The zero-order valence-electron chi connectivity index (χ0n) is 11.1. The molecule has 102 valence electrons. The largest absolute Gasteiger partial charge is 0.487 e. The van der Waals surface area contributed by atoms with Gasteiger partial charge in [0.25, 0.3) is 0 Å². The molecule has 0 fully saturated rings. The van der Waals surface area contributed by atoms with E-state index in [0.29, 0.717) is 6.61 Å². The van der Waals surface area contributed by atoms with Crippen molar-refractivity contribution in [1.29, 1.82) is 0 Å². The van der Waals surface area contributed by atoms with E-state index in [9.17, 15) is 5.11 Å². The minimum atomic E-state index is -0.0136. The first-order chi connectivity index (χ1) is 9.13. The van der Waals surface area contributed by atoms with Gasteiger partial charge in [-0.3, -0.25) is 0 Å².